The fourth-order valence-corrected chi connectivity index (χ4v) is 3.85. The second-order valence-electron chi connectivity index (χ2n) is 4.42. The van der Waals surface area contributed by atoms with Gasteiger partial charge in [0, 0.05) is 30.5 Å². The second-order valence-corrected chi connectivity index (χ2v) is 6.44. The summed E-state index contributed by atoms with van der Waals surface area (Å²) in [5.74, 6) is 0.834. The van der Waals surface area contributed by atoms with E-state index >= 15 is 0 Å². The third-order valence-electron chi connectivity index (χ3n) is 3.20. The van der Waals surface area contributed by atoms with E-state index in [4.69, 9.17) is 9.84 Å². The highest BCUT2D eigenvalue weighted by atomic mass is 79.9. The van der Waals surface area contributed by atoms with Gasteiger partial charge in [0.25, 0.3) is 5.91 Å². The zero-order valence-corrected chi connectivity index (χ0v) is 12.8. The van der Waals surface area contributed by atoms with Crippen molar-refractivity contribution in [3.05, 3.63) is 14.2 Å². The predicted octanol–water partition coefficient (Wildman–Crippen LogP) is 2.28. The maximum Gasteiger partial charge on any atom is 0.267 e. The van der Waals surface area contributed by atoms with Crippen molar-refractivity contribution in [2.75, 3.05) is 26.8 Å². The molecule has 1 aromatic rings. The Morgan fingerprint density at radius 1 is 1.67 bits per heavy atom. The van der Waals surface area contributed by atoms with E-state index in [9.17, 15) is 4.79 Å². The third-order valence-corrected chi connectivity index (χ3v) is 5.49. The van der Waals surface area contributed by atoms with E-state index in [0.29, 0.717) is 23.7 Å². The van der Waals surface area contributed by atoms with Gasteiger partial charge in [0.2, 0.25) is 0 Å². The number of methoxy groups -OCH3 is 1. The first-order valence-corrected chi connectivity index (χ1v) is 7.42. The molecule has 18 heavy (non-hydrogen) atoms. The van der Waals surface area contributed by atoms with E-state index in [-0.39, 0.29) is 18.4 Å². The molecule has 100 valence electrons. The smallest absolute Gasteiger partial charge is 0.267 e. The van der Waals surface area contributed by atoms with Crippen molar-refractivity contribution in [3.63, 3.8) is 0 Å². The molecule has 0 aliphatic carbocycles. The van der Waals surface area contributed by atoms with Crippen LogP contribution in [-0.4, -0.2) is 42.7 Å². The highest BCUT2D eigenvalue weighted by molar-refractivity contribution is 9.10. The first-order chi connectivity index (χ1) is 8.58. The Bertz CT molecular complexity index is 460. The van der Waals surface area contributed by atoms with Crippen LogP contribution >= 0.6 is 27.3 Å². The van der Waals surface area contributed by atoms with Crippen molar-refractivity contribution in [1.29, 1.82) is 0 Å². The second kappa shape index (κ2) is 5.59. The molecule has 1 unspecified atom stereocenters. The molecular weight excluding hydrogens is 318 g/mol. The average molecular weight is 334 g/mol. The molecule has 1 amide bonds. The van der Waals surface area contributed by atoms with Crippen LogP contribution in [0.1, 0.15) is 21.0 Å². The highest BCUT2D eigenvalue weighted by Crippen LogP contribution is 2.40. The summed E-state index contributed by atoms with van der Waals surface area (Å²) in [5.41, 5.74) is 0. The van der Waals surface area contributed by atoms with Crippen LogP contribution in [0.2, 0.25) is 0 Å². The predicted molar refractivity (Wildman–Crippen MR) is 74.4 cm³/mol. The van der Waals surface area contributed by atoms with Crippen LogP contribution in [0.5, 0.6) is 5.75 Å². The minimum absolute atomic E-state index is 0.00148. The largest absolute Gasteiger partial charge is 0.494 e. The summed E-state index contributed by atoms with van der Waals surface area (Å²) < 4.78 is 6.16. The van der Waals surface area contributed by atoms with Gasteiger partial charge in [0.1, 0.15) is 4.88 Å². The van der Waals surface area contributed by atoms with Crippen molar-refractivity contribution in [3.8, 4) is 5.75 Å². The van der Waals surface area contributed by atoms with Gasteiger partial charge in [0.05, 0.1) is 11.6 Å². The van der Waals surface area contributed by atoms with Gasteiger partial charge in [-0.05, 0) is 29.3 Å². The zero-order valence-electron chi connectivity index (χ0n) is 10.4. The fourth-order valence-electron chi connectivity index (χ4n) is 2.14. The van der Waals surface area contributed by atoms with E-state index in [0.717, 1.165) is 15.8 Å². The summed E-state index contributed by atoms with van der Waals surface area (Å²) in [4.78, 5) is 15.9. The van der Waals surface area contributed by atoms with Gasteiger partial charge in [0.15, 0.2) is 5.75 Å². The van der Waals surface area contributed by atoms with Gasteiger partial charge in [-0.25, -0.2) is 0 Å². The topological polar surface area (TPSA) is 49.8 Å². The van der Waals surface area contributed by atoms with Gasteiger partial charge < -0.3 is 14.7 Å². The Hall–Kier alpha value is -0.590. The fraction of sp³-hybridized carbons (Fsp3) is 0.583. The lowest BCUT2D eigenvalue weighted by Gasteiger charge is -2.15. The van der Waals surface area contributed by atoms with Crippen LogP contribution in [0.25, 0.3) is 0 Å². The molecule has 0 saturated carbocycles. The Balaban J connectivity index is 2.22. The number of nitrogens with zero attached hydrogens (tertiary/aromatic N) is 1. The maximum absolute atomic E-state index is 12.4. The van der Waals surface area contributed by atoms with Crippen molar-refractivity contribution >= 4 is 33.2 Å². The molecule has 0 bridgehead atoms. The first kappa shape index (κ1) is 13.8. The molecule has 0 aromatic carbocycles. The molecule has 2 rings (SSSR count). The van der Waals surface area contributed by atoms with Gasteiger partial charge in [-0.3, -0.25) is 4.79 Å². The normalized spacial score (nSPS) is 19.3. The number of likely N-dealkylation sites (tertiary alicyclic amines) is 1. The molecule has 1 saturated heterocycles. The number of amides is 1. The average Bonchev–Trinajstić information content (AvgIpc) is 2.95. The quantitative estimate of drug-likeness (QED) is 0.923. The maximum atomic E-state index is 12.4. The van der Waals surface area contributed by atoms with E-state index < -0.39 is 0 Å². The molecule has 1 aromatic heterocycles. The van der Waals surface area contributed by atoms with Gasteiger partial charge in [-0.2, -0.15) is 0 Å². The van der Waals surface area contributed by atoms with Gasteiger partial charge in [-0.15, -0.1) is 11.3 Å². The first-order valence-electron chi connectivity index (χ1n) is 5.81. The summed E-state index contributed by atoms with van der Waals surface area (Å²) in [6.07, 6.45) is 0.871. The van der Waals surface area contributed by atoms with E-state index in [1.54, 1.807) is 12.0 Å². The third kappa shape index (κ3) is 2.41. The molecule has 2 heterocycles. The highest BCUT2D eigenvalue weighted by Gasteiger charge is 2.30. The van der Waals surface area contributed by atoms with Crippen LogP contribution in [0.3, 0.4) is 0 Å². The lowest BCUT2D eigenvalue weighted by molar-refractivity contribution is 0.0783. The van der Waals surface area contributed by atoms with E-state index in [1.165, 1.54) is 11.3 Å². The minimum atomic E-state index is 0.00148. The number of carbonyl (C=O) groups is 1. The van der Waals surface area contributed by atoms with E-state index in [2.05, 4.69) is 15.9 Å². The number of carbonyl (C=O) groups excluding carboxylic acids is 1. The van der Waals surface area contributed by atoms with Crippen molar-refractivity contribution in [1.82, 2.24) is 4.90 Å². The summed E-state index contributed by atoms with van der Waals surface area (Å²) in [5, 5.41) is 9.12. The Kier molecular flexibility index (Phi) is 4.29. The van der Waals surface area contributed by atoms with Crippen LogP contribution in [0.15, 0.2) is 4.47 Å². The number of aliphatic hydroxyl groups is 1. The summed E-state index contributed by atoms with van der Waals surface area (Å²) >= 11 is 4.88. The molecular formula is C12H16BrNO3S. The van der Waals surface area contributed by atoms with Crippen molar-refractivity contribution in [2.45, 2.75) is 13.3 Å². The molecule has 1 atom stereocenters. The molecule has 1 N–H and O–H groups in total. The van der Waals surface area contributed by atoms with E-state index in [1.807, 2.05) is 6.92 Å². The molecule has 4 nitrogen and oxygen atoms in total. The molecule has 1 fully saturated rings. The number of halogens is 1. The lowest BCUT2D eigenvalue weighted by atomic mass is 10.1. The van der Waals surface area contributed by atoms with Gasteiger partial charge >= 0.3 is 0 Å². The molecule has 1 aliphatic rings. The number of aryl methyl sites for hydroxylation is 1. The Morgan fingerprint density at radius 3 is 2.94 bits per heavy atom. The monoisotopic (exact) mass is 333 g/mol. The molecule has 0 spiro atoms. The molecule has 1 aliphatic heterocycles. The number of aliphatic hydroxyl groups excluding tert-OH is 1. The minimum Gasteiger partial charge on any atom is -0.494 e. The summed E-state index contributed by atoms with van der Waals surface area (Å²) in [7, 11) is 1.57. The number of hydrogen-bond acceptors (Lipinski definition) is 4. The van der Waals surface area contributed by atoms with Gasteiger partial charge in [-0.1, -0.05) is 0 Å². The number of rotatable bonds is 3. The van der Waals surface area contributed by atoms with Crippen LogP contribution in [0, 0.1) is 12.8 Å². The number of thiophene rings is 1. The van der Waals surface area contributed by atoms with Crippen LogP contribution < -0.4 is 4.74 Å². The van der Waals surface area contributed by atoms with Crippen LogP contribution in [0.4, 0.5) is 0 Å². The molecule has 0 radical (unpaired) electrons. The Morgan fingerprint density at radius 2 is 2.39 bits per heavy atom. The summed E-state index contributed by atoms with van der Waals surface area (Å²) in [6, 6.07) is 0. The standard InChI is InChI=1S/C12H16BrNO3S/c1-7-9(13)10(17-2)11(18-7)12(16)14-4-3-8(5-14)6-15/h8,15H,3-6H2,1-2H3. The number of hydrogen-bond donors (Lipinski definition) is 1. The SMILES string of the molecule is COc1c(C(=O)N2CCC(CO)C2)sc(C)c1Br. The zero-order chi connectivity index (χ0) is 13.3. The summed E-state index contributed by atoms with van der Waals surface area (Å²) in [6.45, 7) is 3.44. The Labute approximate surface area is 119 Å². The van der Waals surface area contributed by atoms with Crippen molar-refractivity contribution < 1.29 is 14.6 Å². The van der Waals surface area contributed by atoms with Crippen molar-refractivity contribution in [2.24, 2.45) is 5.92 Å². The lowest BCUT2D eigenvalue weighted by Crippen LogP contribution is -2.28. The molecule has 6 heteroatoms. The van der Waals surface area contributed by atoms with Crippen LogP contribution in [-0.2, 0) is 0 Å². The number of ether oxygens (including phenoxy) is 1.